The van der Waals surface area contributed by atoms with Crippen molar-refractivity contribution in [1.29, 1.82) is 0 Å². The number of fused-ring (bicyclic) bond motifs is 7. The van der Waals surface area contributed by atoms with Crippen LogP contribution in [0.5, 0.6) is 0 Å². The summed E-state index contributed by atoms with van der Waals surface area (Å²) in [5, 5.41) is 2.28. The maximum absolute atomic E-state index is 5.35. The number of nitrogens with zero attached hydrogens (tertiary/aromatic N) is 2. The average Bonchev–Trinajstić information content (AvgIpc) is 3.33. The molecule has 0 unspecified atom stereocenters. The SMILES string of the molecule is CC1=C(C)/C2=C/c3[nH]c(c(C)c3C)[C@]3(C)N=C(/C=c4\[nH]/c(c(C)c4C)=C\C1=N2)CC3(C)C. The number of H-pyrrole nitrogens is 2. The fraction of sp³-hybridized carbons (Fsp3) is 0.429. The monoisotopic (exact) mass is 426 g/mol. The number of allylic oxidation sites excluding steroid dienone is 2. The summed E-state index contributed by atoms with van der Waals surface area (Å²) in [5.74, 6) is 0. The van der Waals surface area contributed by atoms with E-state index in [1.165, 1.54) is 39.1 Å². The molecule has 32 heavy (non-hydrogen) atoms. The largest absolute Gasteiger partial charge is 0.356 e. The molecule has 4 nitrogen and oxygen atoms in total. The van der Waals surface area contributed by atoms with Crippen molar-refractivity contribution in [3.05, 3.63) is 61.2 Å². The molecule has 5 heterocycles. The van der Waals surface area contributed by atoms with Gasteiger partial charge in [0.2, 0.25) is 0 Å². The number of aromatic amines is 2. The molecular formula is C28H34N4. The molecule has 0 aliphatic carbocycles. The Bertz CT molecular complexity index is 1430. The Labute approximate surface area is 190 Å². The molecule has 0 amide bonds. The lowest BCUT2D eigenvalue weighted by Crippen LogP contribution is -2.35. The van der Waals surface area contributed by atoms with Crippen molar-refractivity contribution in [2.45, 2.75) is 74.3 Å². The summed E-state index contributed by atoms with van der Waals surface area (Å²) in [7, 11) is 0. The van der Waals surface area contributed by atoms with Gasteiger partial charge in [-0.05, 0) is 107 Å². The third-order valence-corrected chi connectivity index (χ3v) is 8.48. The summed E-state index contributed by atoms with van der Waals surface area (Å²) < 4.78 is 0. The maximum Gasteiger partial charge on any atom is 0.104 e. The molecule has 0 fully saturated rings. The summed E-state index contributed by atoms with van der Waals surface area (Å²) in [5.41, 5.74) is 12.9. The average molecular weight is 427 g/mol. The highest BCUT2D eigenvalue weighted by Crippen LogP contribution is 2.51. The first kappa shape index (κ1) is 21.0. The van der Waals surface area contributed by atoms with Gasteiger partial charge in [-0.2, -0.15) is 0 Å². The summed E-state index contributed by atoms with van der Waals surface area (Å²) in [6.45, 7) is 20.1. The van der Waals surface area contributed by atoms with Gasteiger partial charge in [0.15, 0.2) is 0 Å². The van der Waals surface area contributed by atoms with Gasteiger partial charge in [0.25, 0.3) is 0 Å². The second-order valence-electron chi connectivity index (χ2n) is 10.7. The Morgan fingerprint density at radius 2 is 1.41 bits per heavy atom. The molecule has 166 valence electrons. The van der Waals surface area contributed by atoms with Crippen LogP contribution in [0.1, 0.15) is 74.7 Å². The quantitative estimate of drug-likeness (QED) is 0.591. The molecule has 0 saturated carbocycles. The highest BCUT2D eigenvalue weighted by molar-refractivity contribution is 6.23. The number of aliphatic imine (C=N–C) groups is 2. The first-order chi connectivity index (χ1) is 14.9. The lowest BCUT2D eigenvalue weighted by atomic mass is 9.70. The van der Waals surface area contributed by atoms with Crippen LogP contribution in [0.15, 0.2) is 26.8 Å². The third-order valence-electron chi connectivity index (χ3n) is 8.48. The zero-order valence-electron chi connectivity index (χ0n) is 20.8. The molecule has 3 aliphatic rings. The molecular weight excluding hydrogens is 392 g/mol. The molecule has 2 aromatic heterocycles. The Hall–Kier alpha value is -2.88. The van der Waals surface area contributed by atoms with E-state index in [2.05, 4.69) is 90.5 Å². The minimum absolute atomic E-state index is 0.00203. The van der Waals surface area contributed by atoms with Crippen LogP contribution in [0.4, 0.5) is 0 Å². The van der Waals surface area contributed by atoms with Crippen LogP contribution in [0.25, 0.3) is 18.2 Å². The van der Waals surface area contributed by atoms with Gasteiger partial charge < -0.3 is 9.97 Å². The second kappa shape index (κ2) is 6.57. The van der Waals surface area contributed by atoms with Gasteiger partial charge >= 0.3 is 0 Å². The van der Waals surface area contributed by atoms with Gasteiger partial charge in [0.05, 0.1) is 11.4 Å². The van der Waals surface area contributed by atoms with Gasteiger partial charge in [0.1, 0.15) is 5.54 Å². The van der Waals surface area contributed by atoms with Crippen molar-refractivity contribution >= 4 is 29.7 Å². The molecule has 2 N–H and O–H groups in total. The number of rotatable bonds is 0. The van der Waals surface area contributed by atoms with Crippen LogP contribution >= 0.6 is 0 Å². The standard InChI is InChI=1S/C28H34N4/c1-14-15(2)22-11-23-16(3)17(4)24(30-23)12-25-18(5)19(6)26(31-25)28(9)27(7,8)13-20(32-28)10-21(14)29-22/h10-12,29,31H,13H2,1-9H3/b21-10-,22-11-,24-12-/t28-/m0/s1. The molecule has 8 bridgehead atoms. The first-order valence-electron chi connectivity index (χ1n) is 11.6. The van der Waals surface area contributed by atoms with Gasteiger partial charge in [-0.3, -0.25) is 4.99 Å². The van der Waals surface area contributed by atoms with Gasteiger partial charge in [-0.1, -0.05) is 13.8 Å². The van der Waals surface area contributed by atoms with E-state index in [-0.39, 0.29) is 11.0 Å². The molecule has 4 heteroatoms. The van der Waals surface area contributed by atoms with E-state index in [0.29, 0.717) is 0 Å². The smallest absolute Gasteiger partial charge is 0.104 e. The van der Waals surface area contributed by atoms with E-state index in [1.807, 2.05) is 0 Å². The van der Waals surface area contributed by atoms with E-state index >= 15 is 0 Å². The third kappa shape index (κ3) is 2.74. The van der Waals surface area contributed by atoms with Crippen LogP contribution < -0.4 is 10.7 Å². The Kier molecular flexibility index (Phi) is 4.31. The predicted molar refractivity (Wildman–Crippen MR) is 136 cm³/mol. The molecule has 5 rings (SSSR count). The van der Waals surface area contributed by atoms with Gasteiger partial charge in [0, 0.05) is 33.2 Å². The first-order valence-corrected chi connectivity index (χ1v) is 11.6. The van der Waals surface area contributed by atoms with E-state index in [4.69, 9.17) is 9.98 Å². The molecule has 0 aromatic carbocycles. The van der Waals surface area contributed by atoms with Crippen molar-refractivity contribution in [2.24, 2.45) is 15.4 Å². The van der Waals surface area contributed by atoms with Crippen molar-refractivity contribution in [2.75, 3.05) is 0 Å². The second-order valence-corrected chi connectivity index (χ2v) is 10.7. The van der Waals surface area contributed by atoms with E-state index in [1.54, 1.807) is 0 Å². The Morgan fingerprint density at radius 1 is 0.750 bits per heavy atom. The zero-order valence-corrected chi connectivity index (χ0v) is 20.8. The summed E-state index contributed by atoms with van der Waals surface area (Å²) in [6, 6.07) is 0. The molecule has 1 atom stereocenters. The Morgan fingerprint density at radius 3 is 2.09 bits per heavy atom. The van der Waals surface area contributed by atoms with E-state index < -0.39 is 0 Å². The van der Waals surface area contributed by atoms with Crippen molar-refractivity contribution in [3.8, 4) is 0 Å². The lowest BCUT2D eigenvalue weighted by molar-refractivity contribution is 0.213. The van der Waals surface area contributed by atoms with Crippen molar-refractivity contribution in [3.63, 3.8) is 0 Å². The molecule has 0 radical (unpaired) electrons. The van der Waals surface area contributed by atoms with Crippen LogP contribution in [-0.2, 0) is 5.54 Å². The molecule has 3 aliphatic heterocycles. The number of hydrogen-bond donors (Lipinski definition) is 2. The maximum atomic E-state index is 5.35. The lowest BCUT2D eigenvalue weighted by Gasteiger charge is -2.36. The number of hydrogen-bond acceptors (Lipinski definition) is 2. The van der Waals surface area contributed by atoms with Crippen molar-refractivity contribution < 1.29 is 0 Å². The van der Waals surface area contributed by atoms with Crippen LogP contribution in [-0.4, -0.2) is 21.4 Å². The van der Waals surface area contributed by atoms with Crippen LogP contribution in [0.3, 0.4) is 0 Å². The topological polar surface area (TPSA) is 56.3 Å². The predicted octanol–water partition coefficient (Wildman–Crippen LogP) is 5.07. The summed E-state index contributed by atoms with van der Waals surface area (Å²) in [4.78, 5) is 17.8. The Balaban J connectivity index is 1.90. The summed E-state index contributed by atoms with van der Waals surface area (Å²) in [6.07, 6.45) is 7.61. The number of nitrogens with one attached hydrogen (secondary N) is 2. The van der Waals surface area contributed by atoms with Crippen molar-refractivity contribution in [1.82, 2.24) is 9.97 Å². The highest BCUT2D eigenvalue weighted by atomic mass is 15.0. The highest BCUT2D eigenvalue weighted by Gasteiger charge is 2.49. The van der Waals surface area contributed by atoms with Gasteiger partial charge in [-0.15, -0.1) is 0 Å². The van der Waals surface area contributed by atoms with E-state index in [0.717, 1.165) is 39.9 Å². The zero-order chi connectivity index (χ0) is 23.2. The summed E-state index contributed by atoms with van der Waals surface area (Å²) >= 11 is 0. The fourth-order valence-electron chi connectivity index (χ4n) is 5.35. The van der Waals surface area contributed by atoms with Crippen LogP contribution in [0, 0.1) is 33.1 Å². The molecule has 2 aromatic rings. The van der Waals surface area contributed by atoms with E-state index in [9.17, 15) is 0 Å². The fourth-order valence-corrected chi connectivity index (χ4v) is 5.35. The number of aromatic nitrogens is 2. The molecule has 0 spiro atoms. The normalized spacial score (nSPS) is 27.5. The van der Waals surface area contributed by atoms with Crippen LogP contribution in [0.2, 0.25) is 0 Å². The van der Waals surface area contributed by atoms with Gasteiger partial charge in [-0.25, -0.2) is 4.99 Å². The minimum Gasteiger partial charge on any atom is -0.356 e. The minimum atomic E-state index is -0.319. The molecule has 0 saturated heterocycles.